The lowest BCUT2D eigenvalue weighted by Gasteiger charge is -2.18. The molecule has 0 fully saturated rings. The smallest absolute Gasteiger partial charge is 0.435 e. The Labute approximate surface area is 339 Å². The number of halogens is 1. The number of aromatic nitrogens is 8. The Hall–Kier alpha value is -6.65. The Bertz CT molecular complexity index is 2520. The molecule has 0 aliphatic carbocycles. The maximum absolute atomic E-state index is 12.1. The van der Waals surface area contributed by atoms with Gasteiger partial charge in [0.15, 0.2) is 11.4 Å². The number of nitrogens with zero attached hydrogens (tertiary/aromatic N) is 8. The third kappa shape index (κ3) is 10.8. The first kappa shape index (κ1) is 41.0. The first-order chi connectivity index (χ1) is 27.5. The standard InChI is InChI=1S/C21H25N5O3.C20H18ClN5O3/c1-14-22-10-17(13-28-5)19(24-14)25-18-8-6-15(7-9-18)16-11-23-26(12-16)20(27)29-21(2,3)4;1-20(2,3)29-19(27)26-11-13(10-22-26)12-4-6-14(7-5-12)23-17-16-15(8-9-28-16)24-18(21)25-17/h6-12H,13H2,1-5H3,(H,22,24,25);4-11H,1-3H3,(H,23,24,25). The Morgan fingerprint density at radius 3 is 1.72 bits per heavy atom. The summed E-state index contributed by atoms with van der Waals surface area (Å²) in [5.41, 5.74) is 5.98. The van der Waals surface area contributed by atoms with E-state index >= 15 is 0 Å². The molecule has 0 atom stereocenters. The number of methoxy groups -OCH3 is 1. The molecule has 0 unspecified atom stereocenters. The summed E-state index contributed by atoms with van der Waals surface area (Å²) < 4.78 is 23.7. The number of hydrogen-bond donors (Lipinski definition) is 2. The van der Waals surface area contributed by atoms with Crippen molar-refractivity contribution in [3.63, 3.8) is 0 Å². The van der Waals surface area contributed by atoms with Gasteiger partial charge in [-0.3, -0.25) is 0 Å². The molecule has 300 valence electrons. The quantitative estimate of drug-likeness (QED) is 0.138. The fraction of sp³-hybridized carbons (Fsp3) is 0.268. The number of aryl methyl sites for hydroxylation is 1. The Kier molecular flexibility index (Phi) is 12.2. The van der Waals surface area contributed by atoms with E-state index in [-0.39, 0.29) is 5.28 Å². The van der Waals surface area contributed by atoms with Gasteiger partial charge >= 0.3 is 12.2 Å². The van der Waals surface area contributed by atoms with Crippen LogP contribution in [0.4, 0.5) is 32.6 Å². The van der Waals surface area contributed by atoms with Crippen LogP contribution < -0.4 is 10.6 Å². The molecule has 0 radical (unpaired) electrons. The van der Waals surface area contributed by atoms with Crippen molar-refractivity contribution in [2.45, 2.75) is 66.3 Å². The second-order valence-electron chi connectivity index (χ2n) is 14.9. The van der Waals surface area contributed by atoms with E-state index in [4.69, 9.17) is 30.2 Å². The largest absolute Gasteiger partial charge is 0.459 e. The molecule has 0 saturated heterocycles. The zero-order chi connectivity index (χ0) is 41.6. The summed E-state index contributed by atoms with van der Waals surface area (Å²) in [6, 6.07) is 17.1. The van der Waals surface area contributed by atoms with Gasteiger partial charge < -0.3 is 29.3 Å². The molecule has 58 heavy (non-hydrogen) atoms. The molecule has 17 heteroatoms. The first-order valence-electron chi connectivity index (χ1n) is 18.1. The van der Waals surface area contributed by atoms with Gasteiger partial charge in [-0.15, -0.1) is 0 Å². The summed E-state index contributed by atoms with van der Waals surface area (Å²) in [6.45, 7) is 13.1. The van der Waals surface area contributed by atoms with Gasteiger partial charge in [0.1, 0.15) is 28.4 Å². The van der Waals surface area contributed by atoms with E-state index in [2.05, 4.69) is 40.8 Å². The van der Waals surface area contributed by atoms with E-state index in [1.807, 2.05) is 97.0 Å². The third-order valence-corrected chi connectivity index (χ3v) is 8.02. The van der Waals surface area contributed by atoms with E-state index in [0.717, 1.165) is 39.2 Å². The van der Waals surface area contributed by atoms with Crippen LogP contribution >= 0.6 is 11.6 Å². The molecule has 0 aliphatic heterocycles. The van der Waals surface area contributed by atoms with E-state index < -0.39 is 23.4 Å². The van der Waals surface area contributed by atoms with Crippen LogP contribution in [0, 0.1) is 6.92 Å². The summed E-state index contributed by atoms with van der Waals surface area (Å²) in [4.78, 5) is 41.2. The Morgan fingerprint density at radius 2 is 1.22 bits per heavy atom. The van der Waals surface area contributed by atoms with Gasteiger partial charge in [0.2, 0.25) is 5.28 Å². The van der Waals surface area contributed by atoms with Gasteiger partial charge in [0.25, 0.3) is 0 Å². The maximum Gasteiger partial charge on any atom is 0.435 e. The molecule has 2 N–H and O–H groups in total. The number of ether oxygens (including phenoxy) is 3. The lowest BCUT2D eigenvalue weighted by Crippen LogP contribution is -2.27. The van der Waals surface area contributed by atoms with E-state index in [9.17, 15) is 9.59 Å². The summed E-state index contributed by atoms with van der Waals surface area (Å²) in [7, 11) is 1.63. The highest BCUT2D eigenvalue weighted by atomic mass is 35.5. The van der Waals surface area contributed by atoms with E-state index in [1.165, 1.54) is 15.6 Å². The van der Waals surface area contributed by atoms with Crippen molar-refractivity contribution in [2.75, 3.05) is 17.7 Å². The van der Waals surface area contributed by atoms with Gasteiger partial charge in [-0.1, -0.05) is 24.3 Å². The predicted molar refractivity (Wildman–Crippen MR) is 219 cm³/mol. The van der Waals surface area contributed by atoms with Gasteiger partial charge in [-0.05, 0) is 95.5 Å². The number of hydrogen-bond acceptors (Lipinski definition) is 14. The monoisotopic (exact) mass is 806 g/mol. The molecule has 5 aromatic heterocycles. The normalized spacial score (nSPS) is 11.5. The first-order valence-corrected chi connectivity index (χ1v) is 18.4. The number of fused-ring (bicyclic) bond motifs is 1. The molecule has 0 spiro atoms. The number of carbonyl (C=O) groups excluding carboxylic acids is 2. The number of anilines is 4. The average Bonchev–Trinajstić information content (AvgIpc) is 3.95. The van der Waals surface area contributed by atoms with Crippen LogP contribution in [0.3, 0.4) is 0 Å². The number of carbonyl (C=O) groups is 2. The molecular weight excluding hydrogens is 764 g/mol. The lowest BCUT2D eigenvalue weighted by atomic mass is 10.1. The predicted octanol–water partition coefficient (Wildman–Crippen LogP) is 9.59. The molecule has 0 saturated carbocycles. The highest BCUT2D eigenvalue weighted by molar-refractivity contribution is 6.28. The van der Waals surface area contributed by atoms with Crippen molar-refractivity contribution < 1.29 is 28.2 Å². The minimum absolute atomic E-state index is 0.132. The van der Waals surface area contributed by atoms with Crippen LogP contribution in [0.15, 0.2) is 96.3 Å². The van der Waals surface area contributed by atoms with Crippen molar-refractivity contribution in [3.05, 3.63) is 109 Å². The molecule has 0 aliphatic rings. The van der Waals surface area contributed by atoms with Crippen LogP contribution in [-0.2, 0) is 20.8 Å². The van der Waals surface area contributed by atoms with E-state index in [0.29, 0.717) is 35.2 Å². The van der Waals surface area contributed by atoms with Crippen LogP contribution in [0.5, 0.6) is 0 Å². The summed E-state index contributed by atoms with van der Waals surface area (Å²) in [5, 5.41) is 14.8. The van der Waals surface area contributed by atoms with Crippen molar-refractivity contribution >= 4 is 57.9 Å². The average molecular weight is 807 g/mol. The fourth-order valence-electron chi connectivity index (χ4n) is 5.31. The lowest BCUT2D eigenvalue weighted by molar-refractivity contribution is 0.0503. The topological polar surface area (TPSA) is 186 Å². The van der Waals surface area contributed by atoms with Crippen LogP contribution in [0.2, 0.25) is 5.28 Å². The summed E-state index contributed by atoms with van der Waals surface area (Å²) in [6.07, 6.45) is 8.80. The second kappa shape index (κ2) is 17.2. The maximum atomic E-state index is 12.1. The highest BCUT2D eigenvalue weighted by Gasteiger charge is 2.20. The summed E-state index contributed by atoms with van der Waals surface area (Å²) in [5.74, 6) is 1.87. The minimum Gasteiger partial charge on any atom is -0.459 e. The van der Waals surface area contributed by atoms with E-state index in [1.54, 1.807) is 44.2 Å². The van der Waals surface area contributed by atoms with Crippen LogP contribution in [0.1, 0.15) is 52.9 Å². The molecule has 7 aromatic rings. The molecule has 0 bridgehead atoms. The highest BCUT2D eigenvalue weighted by Crippen LogP contribution is 2.28. The van der Waals surface area contributed by atoms with Gasteiger partial charge in [-0.25, -0.2) is 24.5 Å². The molecule has 5 heterocycles. The Balaban J connectivity index is 0.000000196. The van der Waals surface area contributed by atoms with Crippen molar-refractivity contribution in [2.24, 2.45) is 0 Å². The number of rotatable bonds is 8. The van der Waals surface area contributed by atoms with Gasteiger partial charge in [-0.2, -0.15) is 24.5 Å². The summed E-state index contributed by atoms with van der Waals surface area (Å²) >= 11 is 5.97. The second-order valence-corrected chi connectivity index (χ2v) is 15.3. The molecule has 2 aromatic carbocycles. The molecule has 0 amide bonds. The van der Waals surface area contributed by atoms with Crippen molar-refractivity contribution in [3.8, 4) is 22.3 Å². The number of furan rings is 1. The third-order valence-electron chi connectivity index (χ3n) is 7.85. The van der Waals surface area contributed by atoms with Gasteiger partial charge in [0, 0.05) is 59.8 Å². The van der Waals surface area contributed by atoms with Crippen molar-refractivity contribution in [1.82, 2.24) is 39.5 Å². The Morgan fingerprint density at radius 1 is 0.707 bits per heavy atom. The van der Waals surface area contributed by atoms with Crippen LogP contribution in [0.25, 0.3) is 33.4 Å². The zero-order valence-electron chi connectivity index (χ0n) is 33.3. The number of nitrogens with one attached hydrogen (secondary N) is 2. The SMILES string of the molecule is CC(C)(C)OC(=O)n1cc(-c2ccc(Nc3nc(Cl)nc4ccoc34)cc2)cn1.COCc1cnc(C)nc1Nc1ccc(-c2cnn(C(=O)OC(C)(C)C)c2)cc1. The fourth-order valence-corrected chi connectivity index (χ4v) is 5.49. The minimum atomic E-state index is -0.584. The van der Waals surface area contributed by atoms with Crippen LogP contribution in [-0.4, -0.2) is 70.0 Å². The van der Waals surface area contributed by atoms with Gasteiger partial charge in [0.05, 0.1) is 25.3 Å². The molecule has 7 rings (SSSR count). The molecule has 16 nitrogen and oxygen atoms in total. The molecular formula is C41H43ClN10O6. The zero-order valence-corrected chi connectivity index (χ0v) is 34.0. The number of benzene rings is 2. The van der Waals surface area contributed by atoms with Crippen molar-refractivity contribution in [1.29, 1.82) is 0 Å².